The van der Waals surface area contributed by atoms with Gasteiger partial charge in [-0.2, -0.15) is 13.5 Å². The topological polar surface area (TPSA) is 44.8 Å². The lowest BCUT2D eigenvalue weighted by Gasteiger charge is -2.22. The standard InChI is InChI=1S/C6H5F7O4/c1-2-15-3(14)4(7,8)16-6(12,13)17-5(9,10)11/h2H2,1H3. The largest absolute Gasteiger partial charge is 0.529 e. The molecular formula is C6H5F7O4. The highest BCUT2D eigenvalue weighted by Crippen LogP contribution is 2.34. The van der Waals surface area contributed by atoms with E-state index in [1.807, 2.05) is 4.74 Å². The minimum absolute atomic E-state index is 0.608. The Hall–Kier alpha value is -1.10. The predicted molar refractivity (Wildman–Crippen MR) is 34.8 cm³/mol. The number of halogens is 7. The van der Waals surface area contributed by atoms with Crippen molar-refractivity contribution >= 4 is 5.97 Å². The molecule has 17 heavy (non-hydrogen) atoms. The first-order valence-electron chi connectivity index (χ1n) is 3.79. The van der Waals surface area contributed by atoms with E-state index in [9.17, 15) is 35.5 Å². The van der Waals surface area contributed by atoms with Crippen LogP contribution in [0.15, 0.2) is 0 Å². The summed E-state index contributed by atoms with van der Waals surface area (Å²) in [6, 6.07) is 0. The number of hydrogen-bond acceptors (Lipinski definition) is 4. The Morgan fingerprint density at radius 2 is 1.47 bits per heavy atom. The Bertz CT molecular complexity index is 274. The molecule has 0 saturated heterocycles. The smallest absolute Gasteiger partial charge is 0.460 e. The highest BCUT2D eigenvalue weighted by atomic mass is 19.4. The summed E-state index contributed by atoms with van der Waals surface area (Å²) in [6.07, 6.45) is -16.9. The van der Waals surface area contributed by atoms with Crippen molar-refractivity contribution in [2.75, 3.05) is 6.61 Å². The van der Waals surface area contributed by atoms with Crippen LogP contribution in [0.1, 0.15) is 6.92 Å². The molecule has 0 N–H and O–H groups in total. The summed E-state index contributed by atoms with van der Waals surface area (Å²) in [6.45, 7) is 0.460. The number of hydrogen-bond donors (Lipinski definition) is 0. The minimum atomic E-state index is -5.92. The summed E-state index contributed by atoms with van der Waals surface area (Å²) in [7, 11) is 0. The number of carbonyl (C=O) groups is 1. The van der Waals surface area contributed by atoms with Crippen LogP contribution in [0, 0.1) is 0 Å². The Labute approximate surface area is 89.2 Å². The van der Waals surface area contributed by atoms with Gasteiger partial charge < -0.3 is 4.74 Å². The molecule has 0 aliphatic rings. The van der Waals surface area contributed by atoms with Crippen LogP contribution in [0.2, 0.25) is 0 Å². The minimum Gasteiger partial charge on any atom is -0.460 e. The van der Waals surface area contributed by atoms with E-state index < -0.39 is 31.3 Å². The molecule has 0 spiro atoms. The first-order valence-corrected chi connectivity index (χ1v) is 3.79. The molecule has 0 unspecified atom stereocenters. The van der Waals surface area contributed by atoms with Crippen LogP contribution >= 0.6 is 0 Å². The molecule has 0 aromatic rings. The van der Waals surface area contributed by atoms with E-state index >= 15 is 0 Å². The van der Waals surface area contributed by atoms with Crippen LogP contribution in [0.4, 0.5) is 30.7 Å². The molecule has 0 aliphatic heterocycles. The summed E-state index contributed by atoms with van der Waals surface area (Å²) in [5.41, 5.74) is 0. The van der Waals surface area contributed by atoms with E-state index in [0.717, 1.165) is 6.92 Å². The van der Waals surface area contributed by atoms with Crippen LogP contribution in [-0.2, 0) is 19.0 Å². The number of esters is 1. The molecule has 0 bridgehead atoms. The monoisotopic (exact) mass is 274 g/mol. The normalized spacial score (nSPS) is 13.6. The van der Waals surface area contributed by atoms with E-state index in [2.05, 4.69) is 9.47 Å². The molecule has 0 amide bonds. The fourth-order valence-electron chi connectivity index (χ4n) is 0.562. The SMILES string of the molecule is CCOC(=O)C(F)(F)OC(F)(F)OC(F)(F)F. The van der Waals surface area contributed by atoms with Crippen molar-refractivity contribution in [3.63, 3.8) is 0 Å². The second-order valence-electron chi connectivity index (χ2n) is 2.35. The van der Waals surface area contributed by atoms with Gasteiger partial charge in [-0.1, -0.05) is 0 Å². The number of ether oxygens (including phenoxy) is 3. The van der Waals surface area contributed by atoms with Crippen molar-refractivity contribution in [3.8, 4) is 0 Å². The van der Waals surface area contributed by atoms with Crippen molar-refractivity contribution in [2.45, 2.75) is 25.7 Å². The quantitative estimate of drug-likeness (QED) is 0.438. The van der Waals surface area contributed by atoms with Gasteiger partial charge in [0.2, 0.25) is 0 Å². The van der Waals surface area contributed by atoms with E-state index in [4.69, 9.17) is 0 Å². The number of rotatable bonds is 5. The summed E-state index contributed by atoms with van der Waals surface area (Å²) >= 11 is 0. The second-order valence-corrected chi connectivity index (χ2v) is 2.35. The zero-order valence-electron chi connectivity index (χ0n) is 7.99. The molecule has 0 fully saturated rings. The lowest BCUT2D eigenvalue weighted by Crippen LogP contribution is -2.44. The van der Waals surface area contributed by atoms with Crippen LogP contribution in [0.3, 0.4) is 0 Å². The Balaban J connectivity index is 4.64. The lowest BCUT2D eigenvalue weighted by molar-refractivity contribution is -0.528. The van der Waals surface area contributed by atoms with Crippen molar-refractivity contribution in [2.24, 2.45) is 0 Å². The van der Waals surface area contributed by atoms with Gasteiger partial charge in [0.05, 0.1) is 6.61 Å². The second kappa shape index (κ2) is 5.04. The van der Waals surface area contributed by atoms with Gasteiger partial charge in [-0.15, -0.1) is 22.0 Å². The van der Waals surface area contributed by atoms with Crippen LogP contribution in [0.5, 0.6) is 0 Å². The Morgan fingerprint density at radius 1 is 1.00 bits per heavy atom. The van der Waals surface area contributed by atoms with Gasteiger partial charge in [-0.05, 0) is 6.92 Å². The summed E-state index contributed by atoms with van der Waals surface area (Å²) in [4.78, 5) is 10.3. The van der Waals surface area contributed by atoms with E-state index in [0.29, 0.717) is 0 Å². The van der Waals surface area contributed by atoms with Crippen molar-refractivity contribution < 1.29 is 49.7 Å². The van der Waals surface area contributed by atoms with Crippen molar-refractivity contribution in [3.05, 3.63) is 0 Å². The molecule has 0 rings (SSSR count). The van der Waals surface area contributed by atoms with Gasteiger partial charge in [0.15, 0.2) is 0 Å². The molecule has 4 nitrogen and oxygen atoms in total. The third-order valence-electron chi connectivity index (χ3n) is 0.995. The highest BCUT2D eigenvalue weighted by molar-refractivity contribution is 5.75. The maximum atomic E-state index is 12.5. The molecule has 0 aromatic heterocycles. The van der Waals surface area contributed by atoms with Gasteiger partial charge in [0, 0.05) is 0 Å². The molecule has 11 heteroatoms. The zero-order chi connectivity index (χ0) is 13.9. The zero-order valence-corrected chi connectivity index (χ0v) is 7.99. The van der Waals surface area contributed by atoms with Gasteiger partial charge in [0.1, 0.15) is 0 Å². The number of carbonyl (C=O) groups excluding carboxylic acids is 1. The third kappa shape index (κ3) is 6.26. The van der Waals surface area contributed by atoms with Crippen LogP contribution in [-0.4, -0.2) is 31.3 Å². The van der Waals surface area contributed by atoms with Gasteiger partial charge in [-0.25, -0.2) is 9.53 Å². The van der Waals surface area contributed by atoms with Crippen molar-refractivity contribution in [1.29, 1.82) is 0 Å². The molecule has 0 atom stereocenters. The molecule has 0 aliphatic carbocycles. The summed E-state index contributed by atoms with van der Waals surface area (Å²) in [5, 5.41) is 0. The average molecular weight is 274 g/mol. The molecule has 0 radical (unpaired) electrons. The van der Waals surface area contributed by atoms with Crippen LogP contribution < -0.4 is 0 Å². The van der Waals surface area contributed by atoms with E-state index in [1.54, 1.807) is 0 Å². The van der Waals surface area contributed by atoms with Gasteiger partial charge >= 0.3 is 24.7 Å². The third-order valence-corrected chi connectivity index (χ3v) is 0.995. The first-order chi connectivity index (χ1) is 7.40. The maximum absolute atomic E-state index is 12.5. The van der Waals surface area contributed by atoms with Crippen LogP contribution in [0.25, 0.3) is 0 Å². The fourth-order valence-corrected chi connectivity index (χ4v) is 0.562. The molecule has 0 aromatic carbocycles. The Kier molecular flexibility index (Phi) is 4.71. The first kappa shape index (κ1) is 15.9. The van der Waals surface area contributed by atoms with Gasteiger partial charge in [-0.3, -0.25) is 0 Å². The highest BCUT2D eigenvalue weighted by Gasteiger charge is 2.56. The maximum Gasteiger partial charge on any atom is 0.529 e. The Morgan fingerprint density at radius 3 is 1.82 bits per heavy atom. The summed E-state index contributed by atoms with van der Waals surface area (Å²) in [5.74, 6) is -2.56. The average Bonchev–Trinajstić information content (AvgIpc) is 1.96. The van der Waals surface area contributed by atoms with E-state index in [1.165, 1.54) is 0 Å². The molecular weight excluding hydrogens is 269 g/mol. The lowest BCUT2D eigenvalue weighted by atomic mass is 10.6. The van der Waals surface area contributed by atoms with Crippen molar-refractivity contribution in [1.82, 2.24) is 0 Å². The number of alkyl halides is 7. The molecule has 0 heterocycles. The molecule has 102 valence electrons. The predicted octanol–water partition coefficient (Wildman–Crippen LogP) is 2.25. The van der Waals surface area contributed by atoms with E-state index in [-0.39, 0.29) is 0 Å². The summed E-state index contributed by atoms with van der Waals surface area (Å²) < 4.78 is 91.1. The fraction of sp³-hybridized carbons (Fsp3) is 0.833. The van der Waals surface area contributed by atoms with Gasteiger partial charge in [0.25, 0.3) is 0 Å². The molecule has 0 saturated carbocycles.